The van der Waals surface area contributed by atoms with Gasteiger partial charge in [0.05, 0.1) is 5.69 Å². The van der Waals surface area contributed by atoms with Gasteiger partial charge in [-0.2, -0.15) is 0 Å². The quantitative estimate of drug-likeness (QED) is 0.428. The molecule has 0 unspecified atom stereocenters. The van der Waals surface area contributed by atoms with Crippen molar-refractivity contribution >= 4 is 16.9 Å². The SMILES string of the molecule is Cc1cc(-c2ccc3c4c([nH]c3c2)-c2cc(O)c(C(=O)O)cc2CC4)ccc1F. The number of aromatic hydroxyl groups is 1. The summed E-state index contributed by atoms with van der Waals surface area (Å²) in [5, 5.41) is 20.5. The molecule has 0 atom stereocenters. The largest absolute Gasteiger partial charge is 0.507 e. The number of carbonyl (C=O) groups is 1. The summed E-state index contributed by atoms with van der Waals surface area (Å²) in [6.45, 7) is 1.75. The number of carboxylic acid groups (broad SMARTS) is 1. The van der Waals surface area contributed by atoms with Gasteiger partial charge < -0.3 is 15.2 Å². The van der Waals surface area contributed by atoms with E-state index in [2.05, 4.69) is 11.1 Å². The molecule has 144 valence electrons. The molecular weight excluding hydrogens is 369 g/mol. The van der Waals surface area contributed by atoms with Crippen LogP contribution in [0.4, 0.5) is 4.39 Å². The van der Waals surface area contributed by atoms with Crippen LogP contribution in [-0.4, -0.2) is 21.2 Å². The Kier molecular flexibility index (Phi) is 3.74. The number of H-pyrrole nitrogens is 1. The summed E-state index contributed by atoms with van der Waals surface area (Å²) in [6, 6.07) is 14.3. The van der Waals surface area contributed by atoms with Gasteiger partial charge in [-0.3, -0.25) is 0 Å². The number of carboxylic acids is 1. The Balaban J connectivity index is 1.66. The molecule has 0 radical (unpaired) electrons. The van der Waals surface area contributed by atoms with Crippen molar-refractivity contribution in [3.05, 3.63) is 76.6 Å². The predicted molar refractivity (Wildman–Crippen MR) is 110 cm³/mol. The van der Waals surface area contributed by atoms with Gasteiger partial charge in [0.15, 0.2) is 0 Å². The maximum atomic E-state index is 13.6. The van der Waals surface area contributed by atoms with Gasteiger partial charge in [0.1, 0.15) is 17.1 Å². The Bertz CT molecular complexity index is 1320. The summed E-state index contributed by atoms with van der Waals surface area (Å²) in [5.74, 6) is -1.58. The number of hydrogen-bond donors (Lipinski definition) is 3. The Labute approximate surface area is 166 Å². The van der Waals surface area contributed by atoms with E-state index in [0.29, 0.717) is 5.56 Å². The van der Waals surface area contributed by atoms with Crippen molar-refractivity contribution in [2.45, 2.75) is 19.8 Å². The van der Waals surface area contributed by atoms with Crippen molar-refractivity contribution in [2.75, 3.05) is 0 Å². The number of phenols is 1. The number of aromatic carboxylic acids is 1. The molecule has 29 heavy (non-hydrogen) atoms. The number of aromatic nitrogens is 1. The molecular formula is C24H18FNO3. The van der Waals surface area contributed by atoms with Crippen LogP contribution in [0.2, 0.25) is 0 Å². The fraction of sp³-hybridized carbons (Fsp3) is 0.125. The fourth-order valence-electron chi connectivity index (χ4n) is 4.25. The average Bonchev–Trinajstić information content (AvgIpc) is 3.07. The van der Waals surface area contributed by atoms with Crippen molar-refractivity contribution in [1.82, 2.24) is 4.98 Å². The number of benzene rings is 3. The molecule has 0 aliphatic heterocycles. The number of nitrogens with one attached hydrogen (secondary N) is 1. The monoisotopic (exact) mass is 387 g/mol. The number of fused-ring (bicyclic) bond motifs is 5. The van der Waals surface area contributed by atoms with Crippen molar-refractivity contribution in [2.24, 2.45) is 0 Å². The number of halogens is 1. The average molecular weight is 387 g/mol. The zero-order chi connectivity index (χ0) is 20.3. The molecule has 3 N–H and O–H groups in total. The molecule has 0 fully saturated rings. The van der Waals surface area contributed by atoms with E-state index < -0.39 is 5.97 Å². The summed E-state index contributed by atoms with van der Waals surface area (Å²) < 4.78 is 13.6. The van der Waals surface area contributed by atoms with Crippen LogP contribution >= 0.6 is 0 Å². The molecule has 3 aromatic carbocycles. The van der Waals surface area contributed by atoms with E-state index >= 15 is 0 Å². The number of aromatic amines is 1. The van der Waals surface area contributed by atoms with E-state index in [1.54, 1.807) is 19.1 Å². The third-order valence-electron chi connectivity index (χ3n) is 5.76. The lowest BCUT2D eigenvalue weighted by Gasteiger charge is -2.18. The Morgan fingerprint density at radius 3 is 2.55 bits per heavy atom. The highest BCUT2D eigenvalue weighted by Gasteiger charge is 2.24. The minimum absolute atomic E-state index is 0.0720. The Hall–Kier alpha value is -3.60. The maximum absolute atomic E-state index is 13.6. The molecule has 1 aliphatic rings. The van der Waals surface area contributed by atoms with E-state index in [9.17, 15) is 19.4 Å². The molecule has 1 heterocycles. The summed E-state index contributed by atoms with van der Waals surface area (Å²) in [5.41, 5.74) is 7.26. The molecule has 0 saturated carbocycles. The van der Waals surface area contributed by atoms with Gasteiger partial charge in [0, 0.05) is 16.5 Å². The first kappa shape index (κ1) is 17.5. The van der Waals surface area contributed by atoms with Gasteiger partial charge in [0.25, 0.3) is 0 Å². The van der Waals surface area contributed by atoms with Crippen molar-refractivity contribution in [3.8, 4) is 28.1 Å². The van der Waals surface area contributed by atoms with Gasteiger partial charge >= 0.3 is 5.97 Å². The summed E-state index contributed by atoms with van der Waals surface area (Å²) >= 11 is 0. The third-order valence-corrected chi connectivity index (χ3v) is 5.76. The van der Waals surface area contributed by atoms with Crippen molar-refractivity contribution in [3.63, 3.8) is 0 Å². The molecule has 0 bridgehead atoms. The molecule has 1 aromatic heterocycles. The van der Waals surface area contributed by atoms with E-state index in [0.717, 1.165) is 57.3 Å². The minimum atomic E-state index is -1.13. The zero-order valence-electron chi connectivity index (χ0n) is 15.7. The molecule has 0 amide bonds. The molecule has 1 aliphatic carbocycles. The first-order chi connectivity index (χ1) is 13.9. The number of hydrogen-bond acceptors (Lipinski definition) is 2. The third kappa shape index (κ3) is 2.70. The first-order valence-corrected chi connectivity index (χ1v) is 9.43. The second kappa shape index (κ2) is 6.21. The molecule has 4 nitrogen and oxygen atoms in total. The Morgan fingerprint density at radius 1 is 1.03 bits per heavy atom. The van der Waals surface area contributed by atoms with Crippen LogP contribution in [0.25, 0.3) is 33.3 Å². The van der Waals surface area contributed by atoms with Crippen LogP contribution < -0.4 is 0 Å². The van der Waals surface area contributed by atoms with Gasteiger partial charge in [-0.15, -0.1) is 0 Å². The number of aryl methyl sites for hydroxylation is 3. The van der Waals surface area contributed by atoms with E-state index in [1.165, 1.54) is 12.1 Å². The van der Waals surface area contributed by atoms with Gasteiger partial charge in [-0.05, 0) is 77.9 Å². The Morgan fingerprint density at radius 2 is 1.79 bits per heavy atom. The highest BCUT2D eigenvalue weighted by molar-refractivity contribution is 5.97. The lowest BCUT2D eigenvalue weighted by atomic mass is 9.87. The van der Waals surface area contributed by atoms with Crippen molar-refractivity contribution in [1.29, 1.82) is 0 Å². The highest BCUT2D eigenvalue weighted by atomic mass is 19.1. The second-order valence-electron chi connectivity index (χ2n) is 7.53. The molecule has 0 spiro atoms. The lowest BCUT2D eigenvalue weighted by Crippen LogP contribution is -2.06. The van der Waals surface area contributed by atoms with Crippen LogP contribution in [-0.2, 0) is 12.8 Å². The van der Waals surface area contributed by atoms with Crippen molar-refractivity contribution < 1.29 is 19.4 Å². The molecule has 4 aromatic rings. The zero-order valence-corrected chi connectivity index (χ0v) is 15.7. The predicted octanol–water partition coefficient (Wildman–Crippen LogP) is 5.45. The van der Waals surface area contributed by atoms with Crippen LogP contribution in [0.15, 0.2) is 48.5 Å². The fourth-order valence-corrected chi connectivity index (χ4v) is 4.25. The first-order valence-electron chi connectivity index (χ1n) is 9.43. The molecule has 0 saturated heterocycles. The van der Waals surface area contributed by atoms with E-state index in [-0.39, 0.29) is 17.1 Å². The van der Waals surface area contributed by atoms with Gasteiger partial charge in [0.2, 0.25) is 0 Å². The molecule has 5 rings (SSSR count). The number of rotatable bonds is 2. The summed E-state index contributed by atoms with van der Waals surface area (Å²) in [4.78, 5) is 14.8. The summed E-state index contributed by atoms with van der Waals surface area (Å²) in [6.07, 6.45) is 1.51. The van der Waals surface area contributed by atoms with Crippen LogP contribution in [0.1, 0.15) is 27.0 Å². The van der Waals surface area contributed by atoms with Crippen LogP contribution in [0, 0.1) is 12.7 Å². The second-order valence-corrected chi connectivity index (χ2v) is 7.53. The standard InChI is InChI=1S/C24H18FNO3/c1-12-8-13(4-7-20(12)25)14-2-5-16-17-6-3-15-9-19(24(28)29)22(27)11-18(15)23(17)26-21(16)10-14/h2,4-5,7-11,26-27H,3,6H2,1H3,(H,28,29). The topological polar surface area (TPSA) is 73.3 Å². The van der Waals surface area contributed by atoms with E-state index in [1.807, 2.05) is 18.2 Å². The normalized spacial score (nSPS) is 12.6. The van der Waals surface area contributed by atoms with Crippen LogP contribution in [0.3, 0.4) is 0 Å². The summed E-state index contributed by atoms with van der Waals surface area (Å²) in [7, 11) is 0. The highest BCUT2D eigenvalue weighted by Crippen LogP contribution is 2.41. The minimum Gasteiger partial charge on any atom is -0.507 e. The van der Waals surface area contributed by atoms with E-state index in [4.69, 9.17) is 0 Å². The van der Waals surface area contributed by atoms with Crippen LogP contribution in [0.5, 0.6) is 5.75 Å². The van der Waals surface area contributed by atoms with Gasteiger partial charge in [-0.1, -0.05) is 18.2 Å². The lowest BCUT2D eigenvalue weighted by molar-refractivity contribution is 0.0693. The van der Waals surface area contributed by atoms with Gasteiger partial charge in [-0.25, -0.2) is 9.18 Å². The molecule has 5 heteroatoms. The maximum Gasteiger partial charge on any atom is 0.339 e. The smallest absolute Gasteiger partial charge is 0.339 e.